The Balaban J connectivity index is 1.37. The zero-order chi connectivity index (χ0) is 28.2. The third-order valence-electron chi connectivity index (χ3n) is 7.82. The summed E-state index contributed by atoms with van der Waals surface area (Å²) in [6, 6.07) is 7.89. The topological polar surface area (TPSA) is 158 Å². The van der Waals surface area contributed by atoms with Crippen molar-refractivity contribution in [1.82, 2.24) is 24.7 Å². The lowest BCUT2D eigenvalue weighted by molar-refractivity contribution is -0.146. The number of carbonyl (C=O) groups excluding carboxylic acids is 1. The van der Waals surface area contributed by atoms with Crippen molar-refractivity contribution in [2.75, 3.05) is 17.7 Å². The number of para-hydroxylation sites is 1. The highest BCUT2D eigenvalue weighted by molar-refractivity contribution is 7.10. The number of rotatable bonds is 7. The normalized spacial score (nSPS) is 21.0. The van der Waals surface area contributed by atoms with E-state index in [1.54, 1.807) is 26.2 Å². The number of thiazole rings is 1. The molecule has 0 aliphatic carbocycles. The van der Waals surface area contributed by atoms with Crippen LogP contribution in [-0.4, -0.2) is 54.4 Å². The van der Waals surface area contributed by atoms with E-state index in [-0.39, 0.29) is 24.2 Å². The molecule has 0 spiro atoms. The van der Waals surface area contributed by atoms with Crippen LogP contribution >= 0.6 is 11.3 Å². The van der Waals surface area contributed by atoms with Crippen LogP contribution < -0.4 is 11.1 Å². The van der Waals surface area contributed by atoms with Gasteiger partial charge in [0.05, 0.1) is 34.8 Å². The van der Waals surface area contributed by atoms with Gasteiger partial charge < -0.3 is 20.9 Å². The molecule has 5 heterocycles. The number of nitrogen functional groups attached to an aromatic ring is 1. The molecule has 2 atom stereocenters. The molecule has 12 heteroatoms. The van der Waals surface area contributed by atoms with Crippen molar-refractivity contribution in [1.29, 1.82) is 0 Å². The molecule has 4 N–H and O–H groups in total. The molecule has 40 heavy (non-hydrogen) atoms. The third kappa shape index (κ3) is 4.31. The van der Waals surface area contributed by atoms with E-state index < -0.39 is 16.8 Å². The number of aromatic nitrogens is 5. The molecular weight excluding hydrogens is 530 g/mol. The Morgan fingerprint density at radius 1 is 1.27 bits per heavy atom. The van der Waals surface area contributed by atoms with E-state index in [0.717, 1.165) is 36.8 Å². The highest BCUT2D eigenvalue weighted by Crippen LogP contribution is 2.46. The minimum absolute atomic E-state index is 0.0974. The van der Waals surface area contributed by atoms with Crippen LogP contribution in [0.5, 0.6) is 0 Å². The fourth-order valence-electron chi connectivity index (χ4n) is 5.44. The molecule has 1 saturated heterocycles. The zero-order valence-corrected chi connectivity index (χ0v) is 23.4. The Bertz CT molecular complexity index is 1640. The summed E-state index contributed by atoms with van der Waals surface area (Å²) in [5.41, 5.74) is 6.92. The van der Waals surface area contributed by atoms with Gasteiger partial charge in [-0.1, -0.05) is 18.2 Å². The molecule has 6 rings (SSSR count). The van der Waals surface area contributed by atoms with Crippen LogP contribution in [0.4, 0.5) is 11.6 Å². The minimum Gasteiger partial charge on any atom is -0.481 e. The Labute approximate surface area is 234 Å². The first-order valence-corrected chi connectivity index (χ1v) is 14.2. The van der Waals surface area contributed by atoms with Gasteiger partial charge in [-0.15, -0.1) is 11.3 Å². The number of nitrogens with one attached hydrogen (secondary N) is 1. The molecule has 1 fully saturated rings. The second-order valence-electron chi connectivity index (χ2n) is 11.3. The van der Waals surface area contributed by atoms with Crippen LogP contribution in [0.2, 0.25) is 0 Å². The summed E-state index contributed by atoms with van der Waals surface area (Å²) < 4.78 is 7.88. The molecule has 0 radical (unpaired) electrons. The van der Waals surface area contributed by atoms with Crippen molar-refractivity contribution in [2.24, 2.45) is 5.41 Å². The SMILES string of the molecule is CC(C)(Cc1csc([C@]2(C)C(=O)Nc3nc(-c4nn(CC5CCCCO5)c5ccccc45)nc(N)c32)n1)C(=O)O. The minimum atomic E-state index is -1.21. The number of fused-ring (bicyclic) bond motifs is 2. The molecule has 4 aromatic rings. The van der Waals surface area contributed by atoms with Crippen molar-refractivity contribution in [2.45, 2.75) is 64.5 Å². The summed E-state index contributed by atoms with van der Waals surface area (Å²) in [6.07, 6.45) is 3.54. The molecule has 2 aliphatic heterocycles. The van der Waals surface area contributed by atoms with E-state index in [1.165, 1.54) is 11.3 Å². The number of nitrogens with zero attached hydrogens (tertiary/aromatic N) is 5. The zero-order valence-electron chi connectivity index (χ0n) is 22.6. The molecule has 208 valence electrons. The van der Waals surface area contributed by atoms with Crippen LogP contribution in [-0.2, 0) is 32.7 Å². The van der Waals surface area contributed by atoms with Crippen LogP contribution in [0.1, 0.15) is 56.3 Å². The number of nitrogens with two attached hydrogens (primary N) is 1. The summed E-state index contributed by atoms with van der Waals surface area (Å²) in [7, 11) is 0. The molecule has 11 nitrogen and oxygen atoms in total. The quantitative estimate of drug-likeness (QED) is 0.303. The smallest absolute Gasteiger partial charge is 0.309 e. The monoisotopic (exact) mass is 561 g/mol. The van der Waals surface area contributed by atoms with Crippen molar-refractivity contribution in [3.05, 3.63) is 45.9 Å². The molecule has 1 aromatic carbocycles. The maximum Gasteiger partial charge on any atom is 0.309 e. The number of carboxylic acid groups (broad SMARTS) is 1. The third-order valence-corrected chi connectivity index (χ3v) is 8.94. The van der Waals surface area contributed by atoms with Gasteiger partial charge in [-0.05, 0) is 46.1 Å². The number of carboxylic acids is 1. The fraction of sp³-hybridized carbons (Fsp3) is 0.429. The highest BCUT2D eigenvalue weighted by atomic mass is 32.1. The number of hydrogen-bond donors (Lipinski definition) is 3. The lowest BCUT2D eigenvalue weighted by atomic mass is 9.85. The predicted molar refractivity (Wildman–Crippen MR) is 151 cm³/mol. The van der Waals surface area contributed by atoms with Crippen molar-refractivity contribution < 1.29 is 19.4 Å². The first kappa shape index (κ1) is 26.3. The Hall–Kier alpha value is -3.90. The van der Waals surface area contributed by atoms with Gasteiger partial charge in [0, 0.05) is 23.8 Å². The van der Waals surface area contributed by atoms with Crippen molar-refractivity contribution in [3.8, 4) is 11.5 Å². The van der Waals surface area contributed by atoms with Gasteiger partial charge in [-0.25, -0.2) is 15.0 Å². The molecule has 1 amide bonds. The van der Waals surface area contributed by atoms with E-state index in [9.17, 15) is 14.7 Å². The van der Waals surface area contributed by atoms with Crippen molar-refractivity contribution in [3.63, 3.8) is 0 Å². The van der Waals surface area contributed by atoms with Crippen LogP contribution in [0.25, 0.3) is 22.4 Å². The summed E-state index contributed by atoms with van der Waals surface area (Å²) in [5, 5.41) is 20.4. The Morgan fingerprint density at radius 2 is 2.08 bits per heavy atom. The molecule has 1 unspecified atom stereocenters. The van der Waals surface area contributed by atoms with Crippen molar-refractivity contribution >= 4 is 45.8 Å². The van der Waals surface area contributed by atoms with Gasteiger partial charge in [0.15, 0.2) is 5.82 Å². The van der Waals surface area contributed by atoms with Gasteiger partial charge in [0.2, 0.25) is 5.91 Å². The second-order valence-corrected chi connectivity index (χ2v) is 12.1. The summed E-state index contributed by atoms with van der Waals surface area (Å²) in [4.78, 5) is 39.0. The van der Waals surface area contributed by atoms with Gasteiger partial charge in [0.25, 0.3) is 0 Å². The second kappa shape index (κ2) is 9.63. The van der Waals surface area contributed by atoms with Gasteiger partial charge in [-0.3, -0.25) is 14.3 Å². The summed E-state index contributed by atoms with van der Waals surface area (Å²) >= 11 is 1.29. The van der Waals surface area contributed by atoms with Gasteiger partial charge in [0.1, 0.15) is 27.8 Å². The summed E-state index contributed by atoms with van der Waals surface area (Å²) in [5.74, 6) is -0.416. The van der Waals surface area contributed by atoms with E-state index in [2.05, 4.69) is 15.3 Å². The maximum absolute atomic E-state index is 13.4. The average Bonchev–Trinajstić information content (AvgIpc) is 3.60. The molecule has 3 aromatic heterocycles. The number of amides is 1. The van der Waals surface area contributed by atoms with Crippen LogP contribution in [0, 0.1) is 5.41 Å². The van der Waals surface area contributed by atoms with E-state index in [1.807, 2.05) is 28.9 Å². The van der Waals surface area contributed by atoms with Crippen LogP contribution in [0.15, 0.2) is 29.6 Å². The number of carbonyl (C=O) groups is 2. The first-order valence-electron chi connectivity index (χ1n) is 13.3. The molecule has 0 bridgehead atoms. The van der Waals surface area contributed by atoms with E-state index in [0.29, 0.717) is 40.1 Å². The number of anilines is 2. The summed E-state index contributed by atoms with van der Waals surface area (Å²) in [6.45, 7) is 6.42. The predicted octanol–water partition coefficient (Wildman–Crippen LogP) is 4.01. The fourth-order valence-corrected chi connectivity index (χ4v) is 6.42. The maximum atomic E-state index is 13.4. The van der Waals surface area contributed by atoms with Crippen LogP contribution in [0.3, 0.4) is 0 Å². The Kier molecular flexibility index (Phi) is 6.34. The number of benzene rings is 1. The lowest BCUT2D eigenvalue weighted by Crippen LogP contribution is -2.33. The molecule has 2 aliphatic rings. The Morgan fingerprint density at radius 3 is 2.83 bits per heavy atom. The number of hydrogen-bond acceptors (Lipinski definition) is 9. The largest absolute Gasteiger partial charge is 0.481 e. The first-order chi connectivity index (χ1) is 19.1. The van der Waals surface area contributed by atoms with Gasteiger partial charge >= 0.3 is 5.97 Å². The standard InChI is InChI=1S/C28H31N7O4S/c1-27(2,26(37)38)12-15-14-40-25(30-15)28(3)19-21(29)31-23(32-22(19)33-24(28)36)20-17-9-4-5-10-18(17)35(34-20)13-16-8-6-7-11-39-16/h4-5,9-10,14,16H,6-8,11-13H2,1-3H3,(H,37,38)(H3,29,31,32,33,36)/t16?,28-/m0/s1. The average molecular weight is 562 g/mol. The lowest BCUT2D eigenvalue weighted by Gasteiger charge is -2.22. The highest BCUT2D eigenvalue weighted by Gasteiger charge is 2.50. The van der Waals surface area contributed by atoms with E-state index >= 15 is 0 Å². The number of ether oxygens (including phenoxy) is 1. The van der Waals surface area contributed by atoms with E-state index in [4.69, 9.17) is 20.6 Å². The number of aliphatic carboxylic acids is 1. The van der Waals surface area contributed by atoms with Gasteiger partial charge in [-0.2, -0.15) is 5.10 Å². The molecule has 0 saturated carbocycles. The molecular formula is C28H31N7O4S.